The van der Waals surface area contributed by atoms with Gasteiger partial charge in [0, 0.05) is 26.2 Å². The number of hydrogen-bond donors (Lipinski definition) is 2. The Kier molecular flexibility index (Phi) is 3.96. The molecule has 1 atom stereocenters. The van der Waals surface area contributed by atoms with Crippen LogP contribution in [0.3, 0.4) is 0 Å². The Morgan fingerprint density at radius 2 is 2.12 bits per heavy atom. The molecule has 17 heavy (non-hydrogen) atoms. The number of hydrogen-bond acceptors (Lipinski definition) is 4. The van der Waals surface area contributed by atoms with Gasteiger partial charge in [-0.3, -0.25) is 14.9 Å². The van der Waals surface area contributed by atoms with Crippen LogP contribution in [0, 0.1) is 0 Å². The van der Waals surface area contributed by atoms with Crippen LogP contribution in [0.4, 0.5) is 0 Å². The van der Waals surface area contributed by atoms with Crippen molar-refractivity contribution in [3.05, 3.63) is 0 Å². The summed E-state index contributed by atoms with van der Waals surface area (Å²) in [4.78, 5) is 27.4. The number of rotatable bonds is 1. The van der Waals surface area contributed by atoms with Gasteiger partial charge in [0.25, 0.3) is 0 Å². The summed E-state index contributed by atoms with van der Waals surface area (Å²) < 4.78 is 0. The van der Waals surface area contributed by atoms with Gasteiger partial charge in [0.2, 0.25) is 11.8 Å². The van der Waals surface area contributed by atoms with Crippen molar-refractivity contribution in [3.63, 3.8) is 0 Å². The van der Waals surface area contributed by atoms with Crippen LogP contribution in [0.5, 0.6) is 0 Å². The lowest BCUT2D eigenvalue weighted by Crippen LogP contribution is -2.59. The molecule has 0 saturated carbocycles. The van der Waals surface area contributed by atoms with Crippen LogP contribution in [0.25, 0.3) is 0 Å². The molecule has 0 aromatic carbocycles. The van der Waals surface area contributed by atoms with Gasteiger partial charge in [-0.1, -0.05) is 0 Å². The molecule has 2 rings (SSSR count). The van der Waals surface area contributed by atoms with Crippen LogP contribution in [0.1, 0.15) is 6.42 Å². The van der Waals surface area contributed by atoms with Crippen molar-refractivity contribution in [1.82, 2.24) is 20.4 Å². The van der Waals surface area contributed by atoms with Crippen LogP contribution >= 0.6 is 0 Å². The second kappa shape index (κ2) is 5.46. The molecule has 2 aliphatic heterocycles. The molecule has 6 heteroatoms. The van der Waals surface area contributed by atoms with Crippen LogP contribution in [0.2, 0.25) is 0 Å². The van der Waals surface area contributed by atoms with Crippen molar-refractivity contribution in [3.8, 4) is 0 Å². The van der Waals surface area contributed by atoms with E-state index in [-0.39, 0.29) is 24.4 Å². The molecule has 2 fully saturated rings. The summed E-state index contributed by atoms with van der Waals surface area (Å²) in [5.41, 5.74) is 0. The lowest BCUT2D eigenvalue weighted by Gasteiger charge is -2.29. The van der Waals surface area contributed by atoms with Crippen LogP contribution < -0.4 is 10.6 Å². The Morgan fingerprint density at radius 3 is 2.82 bits per heavy atom. The van der Waals surface area contributed by atoms with Gasteiger partial charge in [0.05, 0.1) is 6.54 Å². The highest BCUT2D eigenvalue weighted by Crippen LogP contribution is 2.04. The molecular formula is C11H20N4O2. The van der Waals surface area contributed by atoms with Crippen molar-refractivity contribution in [2.45, 2.75) is 12.5 Å². The van der Waals surface area contributed by atoms with Crippen molar-refractivity contribution in [2.24, 2.45) is 0 Å². The Bertz CT molecular complexity index is 298. The molecule has 2 saturated heterocycles. The highest BCUT2D eigenvalue weighted by molar-refractivity contribution is 5.86. The molecule has 0 spiro atoms. The van der Waals surface area contributed by atoms with Crippen molar-refractivity contribution < 1.29 is 9.59 Å². The summed E-state index contributed by atoms with van der Waals surface area (Å²) in [5, 5.41) is 5.70. The molecule has 0 aliphatic carbocycles. The lowest BCUT2D eigenvalue weighted by molar-refractivity contribution is -0.134. The zero-order chi connectivity index (χ0) is 12.3. The van der Waals surface area contributed by atoms with E-state index < -0.39 is 0 Å². The van der Waals surface area contributed by atoms with E-state index in [2.05, 4.69) is 22.6 Å². The summed E-state index contributed by atoms with van der Waals surface area (Å²) in [6.45, 7) is 4.20. The first-order valence-electron chi connectivity index (χ1n) is 6.14. The quantitative estimate of drug-likeness (QED) is 0.570. The minimum atomic E-state index is -0.254. The molecule has 6 nitrogen and oxygen atoms in total. The Labute approximate surface area is 101 Å². The molecule has 0 aromatic rings. The number of amides is 2. The Balaban J connectivity index is 1.88. The molecule has 1 unspecified atom stereocenters. The SMILES string of the molecule is CN1CCCN(C(=O)C2CNC(=O)CN2)CC1. The topological polar surface area (TPSA) is 64.7 Å². The zero-order valence-corrected chi connectivity index (χ0v) is 10.2. The second-order valence-electron chi connectivity index (χ2n) is 4.72. The van der Waals surface area contributed by atoms with Crippen LogP contribution in [-0.2, 0) is 9.59 Å². The number of nitrogens with zero attached hydrogens (tertiary/aromatic N) is 2. The van der Waals surface area contributed by atoms with E-state index >= 15 is 0 Å². The van der Waals surface area contributed by atoms with Crippen molar-refractivity contribution >= 4 is 11.8 Å². The molecule has 0 radical (unpaired) electrons. The summed E-state index contributed by atoms with van der Waals surface area (Å²) >= 11 is 0. The normalized spacial score (nSPS) is 27.5. The van der Waals surface area contributed by atoms with Crippen LogP contribution in [0.15, 0.2) is 0 Å². The molecule has 2 N–H and O–H groups in total. The smallest absolute Gasteiger partial charge is 0.241 e. The monoisotopic (exact) mass is 240 g/mol. The Hall–Kier alpha value is -1.14. The van der Waals surface area contributed by atoms with Crippen molar-refractivity contribution in [2.75, 3.05) is 46.3 Å². The number of piperazine rings is 1. The summed E-state index contributed by atoms with van der Waals surface area (Å²) in [7, 11) is 2.08. The maximum atomic E-state index is 12.2. The number of likely N-dealkylation sites (N-methyl/N-ethyl adjacent to an activating group) is 1. The predicted molar refractivity (Wildman–Crippen MR) is 63.5 cm³/mol. The number of carbonyl (C=O) groups is 2. The van der Waals surface area contributed by atoms with E-state index in [1.165, 1.54) is 0 Å². The maximum absolute atomic E-state index is 12.2. The largest absolute Gasteiger partial charge is 0.353 e. The number of nitrogens with one attached hydrogen (secondary N) is 2. The van der Waals surface area contributed by atoms with Gasteiger partial charge in [0.15, 0.2) is 0 Å². The summed E-state index contributed by atoms with van der Waals surface area (Å²) in [6, 6.07) is -0.254. The van der Waals surface area contributed by atoms with E-state index in [1.54, 1.807) is 0 Å². The third kappa shape index (κ3) is 3.17. The zero-order valence-electron chi connectivity index (χ0n) is 10.2. The predicted octanol–water partition coefficient (Wildman–Crippen LogP) is -1.76. The average molecular weight is 240 g/mol. The fourth-order valence-electron chi connectivity index (χ4n) is 2.23. The third-order valence-electron chi connectivity index (χ3n) is 3.34. The lowest BCUT2D eigenvalue weighted by atomic mass is 10.2. The minimum Gasteiger partial charge on any atom is -0.353 e. The second-order valence-corrected chi connectivity index (χ2v) is 4.72. The van der Waals surface area contributed by atoms with E-state index in [0.29, 0.717) is 6.54 Å². The van der Waals surface area contributed by atoms with Gasteiger partial charge in [-0.05, 0) is 20.0 Å². The first-order chi connectivity index (χ1) is 8.16. The van der Waals surface area contributed by atoms with Crippen LogP contribution in [-0.4, -0.2) is 74.0 Å². The molecule has 2 amide bonds. The van der Waals surface area contributed by atoms with Gasteiger partial charge in [-0.2, -0.15) is 0 Å². The third-order valence-corrected chi connectivity index (χ3v) is 3.34. The average Bonchev–Trinajstić information content (AvgIpc) is 2.54. The van der Waals surface area contributed by atoms with Gasteiger partial charge >= 0.3 is 0 Å². The first-order valence-corrected chi connectivity index (χ1v) is 6.14. The molecule has 2 heterocycles. The standard InChI is InChI=1S/C11H20N4O2/c1-14-3-2-4-15(6-5-14)11(17)9-7-13-10(16)8-12-9/h9,12H,2-8H2,1H3,(H,13,16). The van der Waals surface area contributed by atoms with Gasteiger partial charge < -0.3 is 15.1 Å². The number of carbonyl (C=O) groups excluding carboxylic acids is 2. The fourth-order valence-corrected chi connectivity index (χ4v) is 2.23. The fraction of sp³-hybridized carbons (Fsp3) is 0.818. The minimum absolute atomic E-state index is 0.0374. The Morgan fingerprint density at radius 1 is 1.29 bits per heavy atom. The highest BCUT2D eigenvalue weighted by atomic mass is 16.2. The highest BCUT2D eigenvalue weighted by Gasteiger charge is 2.28. The maximum Gasteiger partial charge on any atom is 0.241 e. The molecule has 0 aromatic heterocycles. The van der Waals surface area contributed by atoms with E-state index in [1.807, 2.05) is 4.90 Å². The van der Waals surface area contributed by atoms with E-state index in [0.717, 1.165) is 32.6 Å². The summed E-state index contributed by atoms with van der Waals surface area (Å²) in [5.74, 6) is 0.0740. The van der Waals surface area contributed by atoms with Gasteiger partial charge in [-0.15, -0.1) is 0 Å². The van der Waals surface area contributed by atoms with Crippen molar-refractivity contribution in [1.29, 1.82) is 0 Å². The summed E-state index contributed by atoms with van der Waals surface area (Å²) in [6.07, 6.45) is 1.02. The van der Waals surface area contributed by atoms with Gasteiger partial charge in [-0.25, -0.2) is 0 Å². The first kappa shape index (κ1) is 12.3. The molecule has 0 bridgehead atoms. The molecular weight excluding hydrogens is 220 g/mol. The van der Waals surface area contributed by atoms with E-state index in [9.17, 15) is 9.59 Å². The van der Waals surface area contributed by atoms with E-state index in [4.69, 9.17) is 0 Å². The molecule has 2 aliphatic rings. The van der Waals surface area contributed by atoms with Gasteiger partial charge in [0.1, 0.15) is 6.04 Å². The molecule has 96 valence electrons.